The first-order chi connectivity index (χ1) is 19.4. The van der Waals surface area contributed by atoms with Gasteiger partial charge in [0.05, 0.1) is 17.8 Å². The van der Waals surface area contributed by atoms with Gasteiger partial charge in [-0.3, -0.25) is 4.98 Å². The second-order valence-corrected chi connectivity index (χ2v) is 10.8. The molecule has 0 bridgehead atoms. The van der Waals surface area contributed by atoms with Gasteiger partial charge in [-0.05, 0) is 118 Å². The Morgan fingerprint density at radius 1 is 0.750 bits per heavy atom. The van der Waals surface area contributed by atoms with E-state index in [4.69, 9.17) is 21.9 Å². The predicted octanol–water partition coefficient (Wildman–Crippen LogP) is 8.08. The summed E-state index contributed by atoms with van der Waals surface area (Å²) in [6, 6.07) is 33.0. The molecule has 6 rings (SSSR count). The fourth-order valence-corrected chi connectivity index (χ4v) is 5.96. The van der Waals surface area contributed by atoms with Crippen LogP contribution >= 0.6 is 12.2 Å². The second kappa shape index (κ2) is 10.6. The third-order valence-electron chi connectivity index (χ3n) is 7.52. The van der Waals surface area contributed by atoms with Gasteiger partial charge in [-0.2, -0.15) is 0 Å². The predicted molar refractivity (Wildman–Crippen MR) is 166 cm³/mol. The lowest BCUT2D eigenvalue weighted by Gasteiger charge is -2.28. The maximum absolute atomic E-state index is 6.10. The minimum atomic E-state index is -0.108. The van der Waals surface area contributed by atoms with Crippen molar-refractivity contribution in [1.29, 1.82) is 0 Å². The number of thiocarbonyl (C=S) groups is 1. The first-order valence-corrected chi connectivity index (χ1v) is 13.9. The third-order valence-corrected chi connectivity index (χ3v) is 7.83. The standard InChI is InChI=1S/C34H32N4OS/c1-22-11-15-28(16-12-22)39-29-17-13-26(14-18-29)38-33(32(36-34(38)40)31-10-5-6-19-35-31)30-21-24(3)37(25(30)4)27-9-7-8-23(2)20-27/h5-21,32-33H,1-4H3,(H,36,40)/t32-,33-/m0/s1. The minimum absolute atomic E-state index is 0.0870. The Kier molecular flexibility index (Phi) is 6.86. The fourth-order valence-electron chi connectivity index (χ4n) is 5.62. The van der Waals surface area contributed by atoms with E-state index in [9.17, 15) is 0 Å². The Labute approximate surface area is 241 Å². The van der Waals surface area contributed by atoms with Gasteiger partial charge in [0.2, 0.25) is 0 Å². The molecule has 1 aliphatic heterocycles. The number of pyridine rings is 1. The molecular formula is C34H32N4OS. The van der Waals surface area contributed by atoms with Crippen molar-refractivity contribution in [3.63, 3.8) is 0 Å². The molecule has 5 nitrogen and oxygen atoms in total. The Hall–Kier alpha value is -4.42. The summed E-state index contributed by atoms with van der Waals surface area (Å²) in [4.78, 5) is 6.93. The molecule has 3 heterocycles. The van der Waals surface area contributed by atoms with Gasteiger partial charge < -0.3 is 19.5 Å². The first kappa shape index (κ1) is 25.8. The van der Waals surface area contributed by atoms with Crippen LogP contribution in [0.1, 0.15) is 45.9 Å². The molecule has 40 heavy (non-hydrogen) atoms. The van der Waals surface area contributed by atoms with Crippen LogP contribution in [0.4, 0.5) is 5.69 Å². The highest BCUT2D eigenvalue weighted by molar-refractivity contribution is 7.80. The van der Waals surface area contributed by atoms with Crippen molar-refractivity contribution in [2.45, 2.75) is 39.8 Å². The third kappa shape index (κ3) is 4.87. The van der Waals surface area contributed by atoms with Gasteiger partial charge in [-0.15, -0.1) is 0 Å². The Bertz CT molecular complexity index is 1660. The summed E-state index contributed by atoms with van der Waals surface area (Å²) in [5.74, 6) is 1.59. The maximum Gasteiger partial charge on any atom is 0.174 e. The maximum atomic E-state index is 6.10. The van der Waals surface area contributed by atoms with Crippen LogP contribution in [-0.4, -0.2) is 14.7 Å². The van der Waals surface area contributed by atoms with Gasteiger partial charge in [0, 0.05) is 29.0 Å². The SMILES string of the molecule is Cc1ccc(Oc2ccc(N3C(=S)N[C@@H](c4ccccn4)[C@@H]3c3cc(C)n(-c4cccc(C)c4)c3C)cc2)cc1. The highest BCUT2D eigenvalue weighted by Gasteiger charge is 2.42. The Balaban J connectivity index is 1.41. The molecule has 0 aliphatic carbocycles. The van der Waals surface area contributed by atoms with Crippen molar-refractivity contribution < 1.29 is 4.74 Å². The van der Waals surface area contributed by atoms with Crippen LogP contribution in [0.25, 0.3) is 5.69 Å². The van der Waals surface area contributed by atoms with Crippen LogP contribution in [0.3, 0.4) is 0 Å². The number of hydrogen-bond donors (Lipinski definition) is 1. The number of aryl methyl sites for hydroxylation is 3. The van der Waals surface area contributed by atoms with Crippen LogP contribution in [0, 0.1) is 27.7 Å². The molecule has 1 fully saturated rings. The van der Waals surface area contributed by atoms with E-state index in [0.29, 0.717) is 5.11 Å². The minimum Gasteiger partial charge on any atom is -0.457 e. The zero-order chi connectivity index (χ0) is 27.8. The highest BCUT2D eigenvalue weighted by Crippen LogP contribution is 2.44. The first-order valence-electron chi connectivity index (χ1n) is 13.5. The summed E-state index contributed by atoms with van der Waals surface area (Å²) in [5.41, 5.74) is 9.12. The molecule has 0 radical (unpaired) electrons. The van der Waals surface area contributed by atoms with E-state index in [1.807, 2.05) is 54.7 Å². The summed E-state index contributed by atoms with van der Waals surface area (Å²) in [5, 5.41) is 4.26. The molecule has 2 aromatic heterocycles. The number of aromatic nitrogens is 2. The normalized spacial score (nSPS) is 16.7. The molecule has 6 heteroatoms. The average molecular weight is 545 g/mol. The monoisotopic (exact) mass is 544 g/mol. The van der Waals surface area contributed by atoms with Gasteiger partial charge in [0.1, 0.15) is 11.5 Å². The molecule has 0 spiro atoms. The summed E-state index contributed by atoms with van der Waals surface area (Å²) in [7, 11) is 0. The number of rotatable bonds is 6. The van der Waals surface area contributed by atoms with Crippen molar-refractivity contribution in [2.75, 3.05) is 4.90 Å². The smallest absolute Gasteiger partial charge is 0.174 e. The summed E-state index contributed by atoms with van der Waals surface area (Å²) in [6.07, 6.45) is 1.84. The molecule has 1 N–H and O–H groups in total. The van der Waals surface area contributed by atoms with E-state index in [1.165, 1.54) is 28.1 Å². The van der Waals surface area contributed by atoms with Crippen LogP contribution in [0.5, 0.6) is 11.5 Å². The van der Waals surface area contributed by atoms with Crippen molar-refractivity contribution in [3.05, 3.63) is 137 Å². The molecule has 0 saturated carbocycles. The van der Waals surface area contributed by atoms with E-state index in [2.05, 4.69) is 91.0 Å². The fraction of sp³-hybridized carbons (Fsp3) is 0.176. The Morgan fingerprint density at radius 3 is 2.15 bits per heavy atom. The molecule has 3 aromatic carbocycles. The van der Waals surface area contributed by atoms with E-state index < -0.39 is 0 Å². The molecule has 1 aliphatic rings. The average Bonchev–Trinajstić information content (AvgIpc) is 3.45. The van der Waals surface area contributed by atoms with Crippen LogP contribution in [0.2, 0.25) is 0 Å². The highest BCUT2D eigenvalue weighted by atomic mass is 32.1. The van der Waals surface area contributed by atoms with E-state index in [-0.39, 0.29) is 12.1 Å². The number of nitrogens with zero attached hydrogens (tertiary/aromatic N) is 3. The van der Waals surface area contributed by atoms with Gasteiger partial charge >= 0.3 is 0 Å². The van der Waals surface area contributed by atoms with E-state index in [1.54, 1.807) is 0 Å². The topological polar surface area (TPSA) is 42.3 Å². The molecule has 5 aromatic rings. The zero-order valence-electron chi connectivity index (χ0n) is 23.1. The number of benzene rings is 3. The lowest BCUT2D eigenvalue weighted by Crippen LogP contribution is -2.29. The van der Waals surface area contributed by atoms with Gasteiger partial charge in [-0.1, -0.05) is 35.9 Å². The molecule has 1 saturated heterocycles. The number of nitrogens with one attached hydrogen (secondary N) is 1. The van der Waals surface area contributed by atoms with Gasteiger partial charge in [0.15, 0.2) is 5.11 Å². The van der Waals surface area contributed by atoms with Crippen molar-refractivity contribution in [2.24, 2.45) is 0 Å². The summed E-state index contributed by atoms with van der Waals surface area (Å²) >= 11 is 5.97. The van der Waals surface area contributed by atoms with Crippen LogP contribution in [0.15, 0.2) is 103 Å². The van der Waals surface area contributed by atoms with E-state index >= 15 is 0 Å². The van der Waals surface area contributed by atoms with E-state index in [0.717, 1.165) is 28.6 Å². The summed E-state index contributed by atoms with van der Waals surface area (Å²) in [6.45, 7) is 8.55. The van der Waals surface area contributed by atoms with Crippen LogP contribution in [-0.2, 0) is 0 Å². The van der Waals surface area contributed by atoms with Crippen molar-refractivity contribution in [1.82, 2.24) is 14.9 Å². The van der Waals surface area contributed by atoms with Crippen LogP contribution < -0.4 is 15.0 Å². The quantitative estimate of drug-likeness (QED) is 0.219. The molecule has 200 valence electrons. The van der Waals surface area contributed by atoms with Gasteiger partial charge in [-0.25, -0.2) is 0 Å². The number of anilines is 1. The lowest BCUT2D eigenvalue weighted by atomic mass is 9.96. The van der Waals surface area contributed by atoms with Crippen molar-refractivity contribution >= 4 is 23.0 Å². The Morgan fingerprint density at radius 2 is 1.48 bits per heavy atom. The number of ether oxygens (including phenoxy) is 1. The van der Waals surface area contributed by atoms with Crippen molar-refractivity contribution in [3.8, 4) is 17.2 Å². The largest absolute Gasteiger partial charge is 0.457 e. The van der Waals surface area contributed by atoms with Gasteiger partial charge in [0.25, 0.3) is 0 Å². The number of hydrogen-bond acceptors (Lipinski definition) is 3. The molecule has 0 unspecified atom stereocenters. The summed E-state index contributed by atoms with van der Waals surface area (Å²) < 4.78 is 8.43. The second-order valence-electron chi connectivity index (χ2n) is 10.4. The molecular weight excluding hydrogens is 512 g/mol. The zero-order valence-corrected chi connectivity index (χ0v) is 23.9. The molecule has 0 amide bonds. The molecule has 2 atom stereocenters. The lowest BCUT2D eigenvalue weighted by molar-refractivity contribution is 0.482.